The van der Waals surface area contributed by atoms with Gasteiger partial charge in [-0.1, -0.05) is 11.6 Å². The van der Waals surface area contributed by atoms with Gasteiger partial charge in [-0.25, -0.2) is 4.98 Å². The summed E-state index contributed by atoms with van der Waals surface area (Å²) in [6.45, 7) is 2.76. The molecule has 0 unspecified atom stereocenters. The predicted octanol–water partition coefficient (Wildman–Crippen LogP) is 1.73. The summed E-state index contributed by atoms with van der Waals surface area (Å²) in [7, 11) is 1.73. The average molecular weight is 346 g/mol. The molecule has 24 heavy (non-hydrogen) atoms. The van der Waals surface area contributed by atoms with Crippen LogP contribution in [0.15, 0.2) is 35.5 Å². The summed E-state index contributed by atoms with van der Waals surface area (Å²) in [5, 5.41) is 7.53. The normalized spacial score (nSPS) is 11.0. The zero-order valence-electron chi connectivity index (χ0n) is 13.3. The quantitative estimate of drug-likeness (QED) is 0.780. The zero-order valence-corrected chi connectivity index (χ0v) is 14.0. The lowest BCUT2D eigenvalue weighted by Crippen LogP contribution is -2.30. The number of nitrogens with one attached hydrogen (secondary N) is 1. The molecule has 3 aromatic rings. The van der Waals surface area contributed by atoms with Crippen molar-refractivity contribution < 1.29 is 4.79 Å². The number of hydrogen-bond donors (Lipinski definition) is 1. The molecule has 0 radical (unpaired) electrons. The van der Waals surface area contributed by atoms with Crippen LogP contribution < -0.4 is 10.7 Å². The number of benzene rings is 1. The Morgan fingerprint density at radius 2 is 2.17 bits per heavy atom. The lowest BCUT2D eigenvalue weighted by atomic mass is 10.1. The lowest BCUT2D eigenvalue weighted by molar-refractivity contribution is 0.0948. The van der Waals surface area contributed by atoms with Gasteiger partial charge in [0.1, 0.15) is 17.7 Å². The number of fused-ring (bicyclic) bond motifs is 1. The van der Waals surface area contributed by atoms with Crippen molar-refractivity contribution in [3.63, 3.8) is 0 Å². The summed E-state index contributed by atoms with van der Waals surface area (Å²) < 4.78 is 3.41. The summed E-state index contributed by atoms with van der Waals surface area (Å²) in [5.74, 6) is 0.148. The van der Waals surface area contributed by atoms with Crippen molar-refractivity contribution in [2.24, 2.45) is 7.05 Å². The molecule has 1 aromatic carbocycles. The Labute approximate surface area is 142 Å². The maximum absolute atomic E-state index is 12.7. The van der Waals surface area contributed by atoms with E-state index in [9.17, 15) is 9.59 Å². The Hall–Kier alpha value is -2.67. The van der Waals surface area contributed by atoms with E-state index in [-0.39, 0.29) is 17.5 Å². The topological polar surface area (TPSA) is 81.8 Å². The first-order valence-electron chi connectivity index (χ1n) is 7.45. The molecule has 0 fully saturated rings. The Bertz CT molecular complexity index is 976. The SMILES string of the molecule is CCn1cc(C(=O)NCc2ncnn2C)c(=O)c2cc(Cl)ccc21. The summed E-state index contributed by atoms with van der Waals surface area (Å²) in [5.41, 5.74) is 0.484. The monoisotopic (exact) mass is 345 g/mol. The molecule has 124 valence electrons. The van der Waals surface area contributed by atoms with Crippen LogP contribution in [0.4, 0.5) is 0 Å². The number of hydrogen-bond acceptors (Lipinski definition) is 4. The van der Waals surface area contributed by atoms with E-state index in [2.05, 4.69) is 15.4 Å². The second-order valence-corrected chi connectivity index (χ2v) is 5.74. The van der Waals surface area contributed by atoms with Crippen molar-refractivity contribution in [2.45, 2.75) is 20.0 Å². The third-order valence-corrected chi connectivity index (χ3v) is 4.07. The molecule has 8 heteroatoms. The molecule has 1 amide bonds. The van der Waals surface area contributed by atoms with Crippen molar-refractivity contribution in [2.75, 3.05) is 0 Å². The number of pyridine rings is 1. The van der Waals surface area contributed by atoms with Crippen molar-refractivity contribution >= 4 is 28.4 Å². The summed E-state index contributed by atoms with van der Waals surface area (Å²) in [6.07, 6.45) is 2.98. The Balaban J connectivity index is 1.99. The highest BCUT2D eigenvalue weighted by Gasteiger charge is 2.16. The van der Waals surface area contributed by atoms with Crippen LogP contribution >= 0.6 is 11.6 Å². The minimum Gasteiger partial charge on any atom is -0.347 e. The van der Waals surface area contributed by atoms with Gasteiger partial charge in [0.25, 0.3) is 5.91 Å². The number of carbonyl (C=O) groups is 1. The molecule has 2 heterocycles. The maximum atomic E-state index is 12.7. The standard InChI is InChI=1S/C16H16ClN5O2/c1-3-22-8-12(15(23)11-6-10(17)4-5-13(11)22)16(24)18-7-14-19-9-20-21(14)2/h4-6,8-9H,3,7H2,1-2H3,(H,18,24). The molecule has 0 atom stereocenters. The van der Waals surface area contributed by atoms with Gasteiger partial charge < -0.3 is 9.88 Å². The van der Waals surface area contributed by atoms with Gasteiger partial charge in [-0.05, 0) is 25.1 Å². The molecule has 0 saturated carbocycles. The molecule has 0 bridgehead atoms. The van der Waals surface area contributed by atoms with Gasteiger partial charge in [0.05, 0.1) is 12.1 Å². The minimum atomic E-state index is -0.452. The van der Waals surface area contributed by atoms with Crippen LogP contribution in [-0.2, 0) is 20.1 Å². The first-order chi connectivity index (χ1) is 11.5. The Kier molecular flexibility index (Phi) is 4.35. The molecule has 1 N–H and O–H groups in total. The second-order valence-electron chi connectivity index (χ2n) is 5.30. The van der Waals surface area contributed by atoms with E-state index >= 15 is 0 Å². The highest BCUT2D eigenvalue weighted by Crippen LogP contribution is 2.17. The number of carbonyl (C=O) groups excluding carboxylic acids is 1. The number of aryl methyl sites for hydroxylation is 2. The fraction of sp³-hybridized carbons (Fsp3) is 0.250. The van der Waals surface area contributed by atoms with E-state index in [0.29, 0.717) is 22.8 Å². The molecule has 2 aromatic heterocycles. The van der Waals surface area contributed by atoms with Gasteiger partial charge in [-0.2, -0.15) is 5.10 Å². The van der Waals surface area contributed by atoms with E-state index in [1.165, 1.54) is 6.33 Å². The smallest absolute Gasteiger partial charge is 0.257 e. The van der Waals surface area contributed by atoms with Crippen LogP contribution in [-0.4, -0.2) is 25.2 Å². The van der Waals surface area contributed by atoms with Gasteiger partial charge in [0.2, 0.25) is 5.43 Å². The molecular formula is C16H16ClN5O2. The van der Waals surface area contributed by atoms with Crippen LogP contribution in [0.5, 0.6) is 0 Å². The molecule has 3 rings (SSSR count). The maximum Gasteiger partial charge on any atom is 0.257 e. The number of halogens is 1. The fourth-order valence-corrected chi connectivity index (χ4v) is 2.70. The van der Waals surface area contributed by atoms with Gasteiger partial charge in [0, 0.05) is 30.2 Å². The molecule has 0 aliphatic rings. The number of aromatic nitrogens is 4. The summed E-state index contributed by atoms with van der Waals surface area (Å²) in [4.78, 5) is 29.1. The van der Waals surface area contributed by atoms with Crippen LogP contribution in [0.2, 0.25) is 5.02 Å². The average Bonchev–Trinajstić information content (AvgIpc) is 2.98. The van der Waals surface area contributed by atoms with Crippen molar-refractivity contribution in [3.8, 4) is 0 Å². The molecule has 0 spiro atoms. The van der Waals surface area contributed by atoms with Crippen LogP contribution in [0.25, 0.3) is 10.9 Å². The highest BCUT2D eigenvalue weighted by molar-refractivity contribution is 6.31. The largest absolute Gasteiger partial charge is 0.347 e. The highest BCUT2D eigenvalue weighted by atomic mass is 35.5. The second kappa shape index (κ2) is 6.45. The lowest BCUT2D eigenvalue weighted by Gasteiger charge is -2.12. The van der Waals surface area contributed by atoms with E-state index in [0.717, 1.165) is 5.52 Å². The first-order valence-corrected chi connectivity index (χ1v) is 7.82. The third-order valence-electron chi connectivity index (χ3n) is 3.84. The van der Waals surface area contributed by atoms with Crippen LogP contribution in [0, 0.1) is 0 Å². The van der Waals surface area contributed by atoms with Crippen molar-refractivity contribution in [1.82, 2.24) is 24.6 Å². The Morgan fingerprint density at radius 3 is 2.83 bits per heavy atom. The van der Waals surface area contributed by atoms with Gasteiger partial charge >= 0.3 is 0 Å². The van der Waals surface area contributed by atoms with Crippen molar-refractivity contribution in [3.05, 3.63) is 57.4 Å². The first kappa shape index (κ1) is 16.2. The molecule has 0 aliphatic carbocycles. The molecular weight excluding hydrogens is 330 g/mol. The van der Waals surface area contributed by atoms with Crippen LogP contribution in [0.1, 0.15) is 23.1 Å². The number of amides is 1. The zero-order chi connectivity index (χ0) is 17.3. The van der Waals surface area contributed by atoms with E-state index < -0.39 is 5.91 Å². The molecule has 7 nitrogen and oxygen atoms in total. The van der Waals surface area contributed by atoms with E-state index in [1.54, 1.807) is 36.1 Å². The summed E-state index contributed by atoms with van der Waals surface area (Å²) in [6, 6.07) is 5.10. The van der Waals surface area contributed by atoms with Crippen molar-refractivity contribution in [1.29, 1.82) is 0 Å². The van der Waals surface area contributed by atoms with Gasteiger partial charge in [-0.15, -0.1) is 0 Å². The van der Waals surface area contributed by atoms with Gasteiger partial charge in [0.15, 0.2) is 0 Å². The minimum absolute atomic E-state index is 0.0776. The third kappa shape index (κ3) is 2.90. The van der Waals surface area contributed by atoms with E-state index in [4.69, 9.17) is 11.6 Å². The number of rotatable bonds is 4. The van der Waals surface area contributed by atoms with Crippen LogP contribution in [0.3, 0.4) is 0 Å². The predicted molar refractivity (Wildman–Crippen MR) is 91.1 cm³/mol. The molecule has 0 aliphatic heterocycles. The Morgan fingerprint density at radius 1 is 1.38 bits per heavy atom. The summed E-state index contributed by atoms with van der Waals surface area (Å²) >= 11 is 6.00. The van der Waals surface area contributed by atoms with E-state index in [1.807, 2.05) is 11.5 Å². The molecule has 0 saturated heterocycles. The van der Waals surface area contributed by atoms with Gasteiger partial charge in [-0.3, -0.25) is 14.3 Å². The number of nitrogens with zero attached hydrogens (tertiary/aromatic N) is 4. The fourth-order valence-electron chi connectivity index (χ4n) is 2.53.